The number of Topliss-reactive ketones (excluding diaryl/α,β-unsaturated/α-hetero) is 1. The van der Waals surface area contributed by atoms with Crippen molar-refractivity contribution in [3.05, 3.63) is 52.8 Å². The first kappa shape index (κ1) is 21.3. The Bertz CT molecular complexity index is 880. The predicted octanol–water partition coefficient (Wildman–Crippen LogP) is 4.81. The molecule has 0 spiro atoms. The van der Waals surface area contributed by atoms with E-state index < -0.39 is 0 Å². The largest absolute Gasteiger partial charge is 0.337 e. The third-order valence-electron chi connectivity index (χ3n) is 5.67. The van der Waals surface area contributed by atoms with Crippen LogP contribution < -0.4 is 0 Å². The SMILES string of the molecule is Cc1ccc(C(=O)C2CCN(C(=O)c3cc(C(C)C)n(C(C)(C)C)n3)CC2)cc1. The van der Waals surface area contributed by atoms with Crippen molar-refractivity contribution in [1.29, 1.82) is 0 Å². The van der Waals surface area contributed by atoms with Crippen molar-refractivity contribution in [3.8, 4) is 0 Å². The second-order valence-electron chi connectivity index (χ2n) is 9.49. The van der Waals surface area contributed by atoms with Gasteiger partial charge in [-0.1, -0.05) is 43.7 Å². The fourth-order valence-electron chi connectivity index (χ4n) is 3.91. The third-order valence-corrected chi connectivity index (χ3v) is 5.67. The van der Waals surface area contributed by atoms with E-state index in [1.807, 2.05) is 46.8 Å². The number of benzene rings is 1. The van der Waals surface area contributed by atoms with E-state index >= 15 is 0 Å². The van der Waals surface area contributed by atoms with E-state index in [9.17, 15) is 9.59 Å². The summed E-state index contributed by atoms with van der Waals surface area (Å²) in [4.78, 5) is 27.7. The molecular weight excluding hydrogens is 362 g/mol. The highest BCUT2D eigenvalue weighted by atomic mass is 16.2. The fraction of sp³-hybridized carbons (Fsp3) is 0.542. The van der Waals surface area contributed by atoms with Crippen molar-refractivity contribution in [2.45, 2.75) is 65.8 Å². The first-order chi connectivity index (χ1) is 13.6. The molecule has 3 rings (SSSR count). The Morgan fingerprint density at radius 1 is 1.07 bits per heavy atom. The molecule has 5 nitrogen and oxygen atoms in total. The van der Waals surface area contributed by atoms with Gasteiger partial charge in [-0.15, -0.1) is 0 Å². The number of carbonyl (C=O) groups excluding carboxylic acids is 2. The van der Waals surface area contributed by atoms with Gasteiger partial charge in [0.15, 0.2) is 11.5 Å². The second kappa shape index (κ2) is 8.13. The standard InChI is InChI=1S/C24H33N3O2/c1-16(2)21-15-20(25-27(21)24(4,5)6)23(29)26-13-11-19(12-14-26)22(28)18-9-7-17(3)8-10-18/h7-10,15-16,19H,11-14H2,1-6H3. The van der Waals surface area contributed by atoms with Gasteiger partial charge in [-0.25, -0.2) is 0 Å². The zero-order valence-corrected chi connectivity index (χ0v) is 18.5. The highest BCUT2D eigenvalue weighted by Gasteiger charge is 2.31. The van der Waals surface area contributed by atoms with Gasteiger partial charge in [0.2, 0.25) is 0 Å². The van der Waals surface area contributed by atoms with E-state index in [-0.39, 0.29) is 23.1 Å². The number of aryl methyl sites for hydroxylation is 1. The number of nitrogens with zero attached hydrogens (tertiary/aromatic N) is 3. The molecule has 5 heteroatoms. The van der Waals surface area contributed by atoms with E-state index in [4.69, 9.17) is 0 Å². The van der Waals surface area contributed by atoms with Crippen LogP contribution in [0.3, 0.4) is 0 Å². The molecule has 0 aliphatic carbocycles. The molecule has 1 aliphatic rings. The normalized spacial score (nSPS) is 15.8. The molecule has 0 unspecified atom stereocenters. The van der Waals surface area contributed by atoms with Crippen LogP contribution in [0.1, 0.15) is 85.5 Å². The molecule has 1 saturated heterocycles. The van der Waals surface area contributed by atoms with Crippen LogP contribution in [0, 0.1) is 12.8 Å². The third kappa shape index (κ3) is 4.60. The Morgan fingerprint density at radius 3 is 2.14 bits per heavy atom. The lowest BCUT2D eigenvalue weighted by molar-refractivity contribution is 0.0644. The lowest BCUT2D eigenvalue weighted by Crippen LogP contribution is -2.40. The van der Waals surface area contributed by atoms with Crippen LogP contribution in [0.2, 0.25) is 0 Å². The minimum Gasteiger partial charge on any atom is -0.337 e. The number of amides is 1. The van der Waals surface area contributed by atoms with E-state index in [2.05, 4.69) is 39.7 Å². The summed E-state index contributed by atoms with van der Waals surface area (Å²) < 4.78 is 1.97. The number of hydrogen-bond donors (Lipinski definition) is 0. The van der Waals surface area contributed by atoms with Gasteiger partial charge in [-0.05, 0) is 52.5 Å². The lowest BCUT2D eigenvalue weighted by atomic mass is 9.88. The van der Waals surface area contributed by atoms with Gasteiger partial charge in [0.1, 0.15) is 0 Å². The lowest BCUT2D eigenvalue weighted by Gasteiger charge is -2.31. The zero-order chi connectivity index (χ0) is 21.3. The van der Waals surface area contributed by atoms with E-state index in [0.717, 1.165) is 16.8 Å². The second-order valence-corrected chi connectivity index (χ2v) is 9.49. The molecule has 1 aromatic carbocycles. The van der Waals surface area contributed by atoms with Crippen LogP contribution in [0.4, 0.5) is 0 Å². The summed E-state index contributed by atoms with van der Waals surface area (Å²) in [6.45, 7) is 13.8. The summed E-state index contributed by atoms with van der Waals surface area (Å²) in [6.07, 6.45) is 1.41. The zero-order valence-electron chi connectivity index (χ0n) is 18.5. The Labute approximate surface area is 174 Å². The van der Waals surface area contributed by atoms with Crippen LogP contribution in [-0.2, 0) is 5.54 Å². The molecule has 0 atom stereocenters. The summed E-state index contributed by atoms with van der Waals surface area (Å²) in [5, 5.41) is 4.65. The Morgan fingerprint density at radius 2 is 1.66 bits per heavy atom. The van der Waals surface area contributed by atoms with Crippen molar-refractivity contribution >= 4 is 11.7 Å². The number of ketones is 1. The quantitative estimate of drug-likeness (QED) is 0.699. The average Bonchev–Trinajstić information content (AvgIpc) is 3.14. The minimum absolute atomic E-state index is 0.0138. The maximum Gasteiger partial charge on any atom is 0.274 e. The van der Waals surface area contributed by atoms with Crippen molar-refractivity contribution in [3.63, 3.8) is 0 Å². The molecule has 0 bridgehead atoms. The van der Waals surface area contributed by atoms with Gasteiger partial charge >= 0.3 is 0 Å². The molecule has 1 aliphatic heterocycles. The van der Waals surface area contributed by atoms with Crippen LogP contribution in [-0.4, -0.2) is 39.5 Å². The number of rotatable bonds is 4. The Balaban J connectivity index is 1.69. The molecule has 1 amide bonds. The van der Waals surface area contributed by atoms with Gasteiger partial charge in [-0.2, -0.15) is 5.10 Å². The van der Waals surface area contributed by atoms with Gasteiger partial charge in [0, 0.05) is 30.3 Å². The molecule has 0 radical (unpaired) electrons. The van der Waals surface area contributed by atoms with Crippen molar-refractivity contribution in [1.82, 2.24) is 14.7 Å². The molecule has 2 heterocycles. The van der Waals surface area contributed by atoms with Gasteiger partial charge < -0.3 is 4.90 Å². The van der Waals surface area contributed by atoms with Crippen molar-refractivity contribution < 1.29 is 9.59 Å². The molecule has 0 saturated carbocycles. The summed E-state index contributed by atoms with van der Waals surface area (Å²) in [5.41, 5.74) is 3.33. The number of piperidine rings is 1. The van der Waals surface area contributed by atoms with Crippen molar-refractivity contribution in [2.75, 3.05) is 13.1 Å². The summed E-state index contributed by atoms with van der Waals surface area (Å²) >= 11 is 0. The maximum atomic E-state index is 13.1. The minimum atomic E-state index is -0.175. The summed E-state index contributed by atoms with van der Waals surface area (Å²) in [5.74, 6) is 0.439. The Hall–Kier alpha value is -2.43. The fourth-order valence-corrected chi connectivity index (χ4v) is 3.91. The number of aromatic nitrogens is 2. The van der Waals surface area contributed by atoms with Gasteiger partial charge in [0.25, 0.3) is 5.91 Å². The monoisotopic (exact) mass is 395 g/mol. The first-order valence-electron chi connectivity index (χ1n) is 10.6. The molecule has 29 heavy (non-hydrogen) atoms. The van der Waals surface area contributed by atoms with E-state index in [1.165, 1.54) is 0 Å². The van der Waals surface area contributed by atoms with Gasteiger partial charge in [0.05, 0.1) is 5.54 Å². The first-order valence-corrected chi connectivity index (χ1v) is 10.6. The van der Waals surface area contributed by atoms with Crippen molar-refractivity contribution in [2.24, 2.45) is 5.92 Å². The predicted molar refractivity (Wildman–Crippen MR) is 115 cm³/mol. The van der Waals surface area contributed by atoms with E-state index in [0.29, 0.717) is 37.5 Å². The number of carbonyl (C=O) groups is 2. The maximum absolute atomic E-state index is 13.1. The van der Waals surface area contributed by atoms with Crippen LogP contribution in [0.15, 0.2) is 30.3 Å². The summed E-state index contributed by atoms with van der Waals surface area (Å²) in [6, 6.07) is 9.69. The highest BCUT2D eigenvalue weighted by Crippen LogP contribution is 2.26. The average molecular weight is 396 g/mol. The van der Waals surface area contributed by atoms with Crippen LogP contribution >= 0.6 is 0 Å². The molecular formula is C24H33N3O2. The van der Waals surface area contributed by atoms with Crippen LogP contribution in [0.25, 0.3) is 0 Å². The smallest absolute Gasteiger partial charge is 0.274 e. The molecule has 1 aromatic heterocycles. The van der Waals surface area contributed by atoms with Crippen LogP contribution in [0.5, 0.6) is 0 Å². The topological polar surface area (TPSA) is 55.2 Å². The number of hydrogen-bond acceptors (Lipinski definition) is 3. The molecule has 1 fully saturated rings. The van der Waals surface area contributed by atoms with E-state index in [1.54, 1.807) is 0 Å². The molecule has 156 valence electrons. The molecule has 2 aromatic rings. The number of likely N-dealkylation sites (tertiary alicyclic amines) is 1. The van der Waals surface area contributed by atoms with Gasteiger partial charge in [-0.3, -0.25) is 14.3 Å². The molecule has 0 N–H and O–H groups in total. The Kier molecular flexibility index (Phi) is 5.97. The highest BCUT2D eigenvalue weighted by molar-refractivity contribution is 5.98. The summed E-state index contributed by atoms with van der Waals surface area (Å²) in [7, 11) is 0.